The quantitative estimate of drug-likeness (QED) is 0.751. The van der Waals surface area contributed by atoms with Gasteiger partial charge in [-0.2, -0.15) is 0 Å². The Morgan fingerprint density at radius 1 is 1.12 bits per heavy atom. The van der Waals surface area contributed by atoms with Crippen molar-refractivity contribution in [2.75, 3.05) is 5.32 Å². The molecule has 0 aliphatic carbocycles. The minimum Gasteiger partial charge on any atom is -0.326 e. The summed E-state index contributed by atoms with van der Waals surface area (Å²) in [5.74, 6) is 0.0129. The molecule has 2 heterocycles. The van der Waals surface area contributed by atoms with Gasteiger partial charge in [-0.15, -0.1) is 11.3 Å². The molecule has 0 unspecified atom stereocenters. The highest BCUT2D eigenvalue weighted by Crippen LogP contribution is 2.22. The number of nitrogens with one attached hydrogen (secondary N) is 1. The molecule has 0 radical (unpaired) electrons. The zero-order chi connectivity index (χ0) is 16.9. The lowest BCUT2D eigenvalue weighted by Crippen LogP contribution is -2.12. The first-order chi connectivity index (χ1) is 11.6. The van der Waals surface area contributed by atoms with E-state index in [1.165, 1.54) is 11.1 Å². The van der Waals surface area contributed by atoms with Crippen LogP contribution in [0.4, 0.5) is 5.69 Å². The maximum absolute atomic E-state index is 12.1. The molecule has 4 nitrogen and oxygen atoms in total. The van der Waals surface area contributed by atoms with Crippen LogP contribution in [-0.2, 0) is 11.2 Å². The minimum atomic E-state index is 0.0129. The zero-order valence-corrected chi connectivity index (χ0v) is 14.6. The van der Waals surface area contributed by atoms with E-state index in [1.54, 1.807) is 23.7 Å². The Balaban J connectivity index is 1.56. The monoisotopic (exact) mass is 337 g/mol. The Labute approximate surface area is 145 Å². The van der Waals surface area contributed by atoms with E-state index < -0.39 is 0 Å². The summed E-state index contributed by atoms with van der Waals surface area (Å²) in [6.07, 6.45) is 4.58. The van der Waals surface area contributed by atoms with Crippen LogP contribution >= 0.6 is 11.3 Å². The summed E-state index contributed by atoms with van der Waals surface area (Å²) in [6, 6.07) is 9.83. The van der Waals surface area contributed by atoms with Crippen molar-refractivity contribution in [1.29, 1.82) is 0 Å². The predicted molar refractivity (Wildman–Crippen MR) is 98.2 cm³/mol. The lowest BCUT2D eigenvalue weighted by atomic mass is 10.1. The van der Waals surface area contributed by atoms with Gasteiger partial charge in [0.05, 0.1) is 10.7 Å². The molecule has 24 heavy (non-hydrogen) atoms. The normalized spacial score (nSPS) is 10.6. The highest BCUT2D eigenvalue weighted by molar-refractivity contribution is 7.09. The van der Waals surface area contributed by atoms with Gasteiger partial charge in [0.25, 0.3) is 0 Å². The number of nitrogens with zero attached hydrogens (tertiary/aromatic N) is 2. The zero-order valence-electron chi connectivity index (χ0n) is 13.7. The number of hydrogen-bond donors (Lipinski definition) is 1. The first-order valence-electron chi connectivity index (χ1n) is 7.84. The number of pyridine rings is 1. The highest BCUT2D eigenvalue weighted by atomic mass is 32.1. The Bertz CT molecular complexity index is 843. The summed E-state index contributed by atoms with van der Waals surface area (Å²) in [5.41, 5.74) is 5.23. The Morgan fingerprint density at radius 2 is 1.92 bits per heavy atom. The van der Waals surface area contributed by atoms with E-state index in [-0.39, 0.29) is 5.91 Å². The number of carbonyl (C=O) groups is 1. The highest BCUT2D eigenvalue weighted by Gasteiger charge is 2.08. The van der Waals surface area contributed by atoms with E-state index >= 15 is 0 Å². The second kappa shape index (κ2) is 7.36. The maximum atomic E-state index is 12.1. The van der Waals surface area contributed by atoms with Crippen molar-refractivity contribution in [3.63, 3.8) is 0 Å². The summed E-state index contributed by atoms with van der Waals surface area (Å²) < 4.78 is 0. The molecule has 0 aliphatic rings. The summed E-state index contributed by atoms with van der Waals surface area (Å²) >= 11 is 1.59. The van der Waals surface area contributed by atoms with E-state index in [0.717, 1.165) is 22.0 Å². The summed E-state index contributed by atoms with van der Waals surface area (Å²) in [7, 11) is 0. The van der Waals surface area contributed by atoms with Crippen LogP contribution in [0.3, 0.4) is 0 Å². The third-order valence-corrected chi connectivity index (χ3v) is 4.79. The second-order valence-electron chi connectivity index (χ2n) is 5.71. The van der Waals surface area contributed by atoms with Crippen LogP contribution in [0, 0.1) is 13.8 Å². The van der Waals surface area contributed by atoms with Crippen molar-refractivity contribution in [3.05, 3.63) is 64.2 Å². The first-order valence-corrected chi connectivity index (χ1v) is 8.72. The number of rotatable bonds is 5. The van der Waals surface area contributed by atoms with Gasteiger partial charge in [0, 0.05) is 41.9 Å². The van der Waals surface area contributed by atoms with Gasteiger partial charge in [-0.05, 0) is 49.2 Å². The standard InChI is InChI=1S/C19H19N3OS/c1-13-3-4-16(11-14(13)2)21-18(23)5-6-19-22-17(12-24-19)15-7-9-20-10-8-15/h3-4,7-12H,5-6H2,1-2H3,(H,21,23). The molecule has 0 fully saturated rings. The van der Waals surface area contributed by atoms with Crippen molar-refractivity contribution in [2.24, 2.45) is 0 Å². The van der Waals surface area contributed by atoms with Crippen molar-refractivity contribution in [2.45, 2.75) is 26.7 Å². The van der Waals surface area contributed by atoms with Crippen molar-refractivity contribution in [3.8, 4) is 11.3 Å². The van der Waals surface area contributed by atoms with Crippen molar-refractivity contribution in [1.82, 2.24) is 9.97 Å². The first kappa shape index (κ1) is 16.3. The predicted octanol–water partition coefficient (Wildman–Crippen LogP) is 4.39. The Morgan fingerprint density at radius 3 is 2.67 bits per heavy atom. The van der Waals surface area contributed by atoms with Gasteiger partial charge in [-0.25, -0.2) is 4.98 Å². The lowest BCUT2D eigenvalue weighted by molar-refractivity contribution is -0.116. The number of benzene rings is 1. The van der Waals surface area contributed by atoms with Crippen LogP contribution < -0.4 is 5.32 Å². The Kier molecular flexibility index (Phi) is 5.01. The molecule has 0 bridgehead atoms. The molecule has 3 rings (SSSR count). The average molecular weight is 337 g/mol. The molecule has 1 N–H and O–H groups in total. The van der Waals surface area contributed by atoms with E-state index in [1.807, 2.05) is 42.6 Å². The van der Waals surface area contributed by atoms with Gasteiger partial charge >= 0.3 is 0 Å². The average Bonchev–Trinajstić information content (AvgIpc) is 3.06. The molecule has 1 aromatic carbocycles. The van der Waals surface area contributed by atoms with Gasteiger partial charge < -0.3 is 5.32 Å². The third kappa shape index (κ3) is 4.06. The van der Waals surface area contributed by atoms with Gasteiger partial charge in [-0.3, -0.25) is 9.78 Å². The van der Waals surface area contributed by atoms with Crippen LogP contribution in [0.15, 0.2) is 48.1 Å². The number of aromatic nitrogens is 2. The summed E-state index contributed by atoms with van der Waals surface area (Å²) in [4.78, 5) is 20.7. The van der Waals surface area contributed by atoms with Crippen LogP contribution in [0.25, 0.3) is 11.3 Å². The van der Waals surface area contributed by atoms with Crippen molar-refractivity contribution >= 4 is 22.9 Å². The molecule has 3 aromatic rings. The Hall–Kier alpha value is -2.53. The molecule has 0 aliphatic heterocycles. The largest absolute Gasteiger partial charge is 0.326 e. The number of amides is 1. The number of hydrogen-bond acceptors (Lipinski definition) is 4. The fourth-order valence-electron chi connectivity index (χ4n) is 2.34. The van der Waals surface area contributed by atoms with E-state index in [4.69, 9.17) is 0 Å². The van der Waals surface area contributed by atoms with Crippen LogP contribution in [-0.4, -0.2) is 15.9 Å². The van der Waals surface area contributed by atoms with Gasteiger partial charge in [-0.1, -0.05) is 6.07 Å². The second-order valence-corrected chi connectivity index (χ2v) is 6.65. The lowest BCUT2D eigenvalue weighted by Gasteiger charge is -2.07. The number of anilines is 1. The van der Waals surface area contributed by atoms with Crippen LogP contribution in [0.1, 0.15) is 22.6 Å². The van der Waals surface area contributed by atoms with Crippen LogP contribution in [0.2, 0.25) is 0 Å². The fraction of sp³-hybridized carbons (Fsp3) is 0.211. The number of carbonyl (C=O) groups excluding carboxylic acids is 1. The molecule has 5 heteroatoms. The van der Waals surface area contributed by atoms with E-state index in [9.17, 15) is 4.79 Å². The number of aryl methyl sites for hydroxylation is 3. The minimum absolute atomic E-state index is 0.0129. The SMILES string of the molecule is Cc1ccc(NC(=O)CCc2nc(-c3ccncc3)cs2)cc1C. The molecule has 2 aromatic heterocycles. The fourth-order valence-corrected chi connectivity index (χ4v) is 3.15. The topological polar surface area (TPSA) is 54.9 Å². The molecular weight excluding hydrogens is 318 g/mol. The summed E-state index contributed by atoms with van der Waals surface area (Å²) in [6.45, 7) is 4.10. The molecule has 0 spiro atoms. The number of thiazole rings is 1. The smallest absolute Gasteiger partial charge is 0.224 e. The van der Waals surface area contributed by atoms with Crippen LogP contribution in [0.5, 0.6) is 0 Å². The van der Waals surface area contributed by atoms with Gasteiger partial charge in [0.15, 0.2) is 0 Å². The third-order valence-electron chi connectivity index (χ3n) is 3.88. The molecule has 0 saturated carbocycles. The van der Waals surface area contributed by atoms with E-state index in [0.29, 0.717) is 12.8 Å². The molecule has 122 valence electrons. The molecular formula is C19H19N3OS. The van der Waals surface area contributed by atoms with Gasteiger partial charge in [0.2, 0.25) is 5.91 Å². The van der Waals surface area contributed by atoms with E-state index in [2.05, 4.69) is 22.2 Å². The summed E-state index contributed by atoms with van der Waals surface area (Å²) in [5, 5.41) is 5.94. The maximum Gasteiger partial charge on any atom is 0.224 e. The van der Waals surface area contributed by atoms with Crippen molar-refractivity contribution < 1.29 is 4.79 Å². The molecule has 0 atom stereocenters. The van der Waals surface area contributed by atoms with Gasteiger partial charge in [0.1, 0.15) is 0 Å². The molecule has 0 saturated heterocycles. The molecule has 1 amide bonds.